The van der Waals surface area contributed by atoms with Crippen molar-refractivity contribution < 1.29 is 0 Å². The normalized spacial score (nSPS) is 19.5. The Bertz CT molecular complexity index is 344. The third kappa shape index (κ3) is 3.27. The van der Waals surface area contributed by atoms with E-state index in [9.17, 15) is 0 Å². The van der Waals surface area contributed by atoms with Gasteiger partial charge in [0.25, 0.3) is 0 Å². The fourth-order valence-electron chi connectivity index (χ4n) is 2.47. The molecule has 0 spiro atoms. The number of nitrogens with zero attached hydrogens (tertiary/aromatic N) is 2. The fourth-order valence-corrected chi connectivity index (χ4v) is 2.71. The second-order valence-corrected chi connectivity index (χ2v) is 5.79. The van der Waals surface area contributed by atoms with Crippen LogP contribution in [0, 0.1) is 5.92 Å². The molecule has 0 radical (unpaired) electrons. The molecule has 94 valence electrons. The maximum Gasteiger partial charge on any atom is 0.0578 e. The second kappa shape index (κ2) is 5.94. The van der Waals surface area contributed by atoms with Gasteiger partial charge in [0.15, 0.2) is 0 Å². The molecular formula is C13H20BrN3. The minimum Gasteiger partial charge on any atom is -0.314 e. The van der Waals surface area contributed by atoms with Crippen LogP contribution in [0.4, 0.5) is 0 Å². The van der Waals surface area contributed by atoms with E-state index in [4.69, 9.17) is 0 Å². The standard InChI is InChI=1S/C13H20BrN3/c1-10(2)13(17-7-5-15-6-8-17)12-4-3-11(14)9-16-12/h3-4,9-10,13,15H,5-8H2,1-2H3. The van der Waals surface area contributed by atoms with Crippen molar-refractivity contribution >= 4 is 15.9 Å². The lowest BCUT2D eigenvalue weighted by Gasteiger charge is -2.36. The first-order valence-electron chi connectivity index (χ1n) is 6.24. The Hall–Kier alpha value is -0.450. The van der Waals surface area contributed by atoms with Crippen LogP contribution in [0.15, 0.2) is 22.8 Å². The molecule has 1 aliphatic heterocycles. The number of rotatable bonds is 3. The van der Waals surface area contributed by atoms with Crippen molar-refractivity contribution in [1.29, 1.82) is 0 Å². The van der Waals surface area contributed by atoms with Gasteiger partial charge in [0.05, 0.1) is 11.7 Å². The van der Waals surface area contributed by atoms with E-state index >= 15 is 0 Å². The van der Waals surface area contributed by atoms with Crippen LogP contribution < -0.4 is 5.32 Å². The summed E-state index contributed by atoms with van der Waals surface area (Å²) in [6.45, 7) is 8.94. The van der Waals surface area contributed by atoms with Gasteiger partial charge in [0.2, 0.25) is 0 Å². The zero-order chi connectivity index (χ0) is 12.3. The summed E-state index contributed by atoms with van der Waals surface area (Å²) in [6, 6.07) is 4.65. The Balaban J connectivity index is 2.18. The zero-order valence-corrected chi connectivity index (χ0v) is 12.1. The van der Waals surface area contributed by atoms with Gasteiger partial charge in [-0.25, -0.2) is 0 Å². The van der Waals surface area contributed by atoms with Crippen molar-refractivity contribution in [1.82, 2.24) is 15.2 Å². The molecular weight excluding hydrogens is 278 g/mol. The van der Waals surface area contributed by atoms with Crippen LogP contribution in [-0.2, 0) is 0 Å². The maximum absolute atomic E-state index is 4.57. The smallest absolute Gasteiger partial charge is 0.0578 e. The Morgan fingerprint density at radius 1 is 1.29 bits per heavy atom. The molecule has 1 unspecified atom stereocenters. The first-order chi connectivity index (χ1) is 8.18. The van der Waals surface area contributed by atoms with Crippen LogP contribution in [0.2, 0.25) is 0 Å². The molecule has 0 aliphatic carbocycles. The minimum atomic E-state index is 0.435. The van der Waals surface area contributed by atoms with E-state index in [1.807, 2.05) is 6.20 Å². The SMILES string of the molecule is CC(C)C(c1ccc(Br)cn1)N1CCNCC1. The Labute approximate surface area is 112 Å². The molecule has 1 atom stereocenters. The van der Waals surface area contributed by atoms with E-state index in [0.29, 0.717) is 12.0 Å². The molecule has 1 aliphatic rings. The van der Waals surface area contributed by atoms with Crippen LogP contribution in [0.1, 0.15) is 25.6 Å². The summed E-state index contributed by atoms with van der Waals surface area (Å²) in [5, 5.41) is 3.40. The highest BCUT2D eigenvalue weighted by Gasteiger charge is 2.25. The van der Waals surface area contributed by atoms with Crippen LogP contribution >= 0.6 is 15.9 Å². The largest absolute Gasteiger partial charge is 0.314 e. The number of pyridine rings is 1. The van der Waals surface area contributed by atoms with Gasteiger partial charge >= 0.3 is 0 Å². The van der Waals surface area contributed by atoms with Gasteiger partial charge < -0.3 is 5.32 Å². The highest BCUT2D eigenvalue weighted by atomic mass is 79.9. The van der Waals surface area contributed by atoms with Crippen molar-refractivity contribution in [2.75, 3.05) is 26.2 Å². The Morgan fingerprint density at radius 3 is 2.53 bits per heavy atom. The molecule has 0 amide bonds. The average molecular weight is 298 g/mol. The molecule has 0 bridgehead atoms. The van der Waals surface area contributed by atoms with Crippen LogP contribution in [0.25, 0.3) is 0 Å². The van der Waals surface area contributed by atoms with E-state index in [0.717, 1.165) is 30.7 Å². The molecule has 1 saturated heterocycles. The van der Waals surface area contributed by atoms with Gasteiger partial charge in [-0.3, -0.25) is 9.88 Å². The Kier molecular flexibility index (Phi) is 4.54. The van der Waals surface area contributed by atoms with Crippen LogP contribution in [0.3, 0.4) is 0 Å². The molecule has 3 nitrogen and oxygen atoms in total. The van der Waals surface area contributed by atoms with Gasteiger partial charge in [0, 0.05) is 36.8 Å². The predicted molar refractivity (Wildman–Crippen MR) is 74.0 cm³/mol. The number of hydrogen-bond donors (Lipinski definition) is 1. The van der Waals surface area contributed by atoms with Crippen molar-refractivity contribution in [3.63, 3.8) is 0 Å². The van der Waals surface area contributed by atoms with E-state index in [-0.39, 0.29) is 0 Å². The van der Waals surface area contributed by atoms with Gasteiger partial charge in [-0.2, -0.15) is 0 Å². The lowest BCUT2D eigenvalue weighted by molar-refractivity contribution is 0.134. The fraction of sp³-hybridized carbons (Fsp3) is 0.615. The van der Waals surface area contributed by atoms with Gasteiger partial charge in [-0.1, -0.05) is 13.8 Å². The number of piperazine rings is 1. The molecule has 1 aromatic rings. The predicted octanol–water partition coefficient (Wildman–Crippen LogP) is 2.45. The lowest BCUT2D eigenvalue weighted by atomic mass is 9.98. The summed E-state index contributed by atoms with van der Waals surface area (Å²) in [7, 11) is 0. The quantitative estimate of drug-likeness (QED) is 0.929. The molecule has 1 aromatic heterocycles. The molecule has 1 N–H and O–H groups in total. The molecule has 2 rings (SSSR count). The number of nitrogens with one attached hydrogen (secondary N) is 1. The molecule has 17 heavy (non-hydrogen) atoms. The van der Waals surface area contributed by atoms with E-state index in [1.54, 1.807) is 0 Å². The van der Waals surface area contributed by atoms with Crippen molar-refractivity contribution in [2.24, 2.45) is 5.92 Å². The summed E-state index contributed by atoms with van der Waals surface area (Å²) >= 11 is 3.44. The van der Waals surface area contributed by atoms with Crippen molar-refractivity contribution in [3.05, 3.63) is 28.5 Å². The van der Waals surface area contributed by atoms with Crippen LogP contribution in [0.5, 0.6) is 0 Å². The molecule has 2 heterocycles. The molecule has 0 saturated carbocycles. The third-order valence-electron chi connectivity index (χ3n) is 3.23. The van der Waals surface area contributed by atoms with E-state index in [2.05, 4.69) is 57.1 Å². The minimum absolute atomic E-state index is 0.435. The molecule has 0 aromatic carbocycles. The van der Waals surface area contributed by atoms with E-state index in [1.165, 1.54) is 5.69 Å². The summed E-state index contributed by atoms with van der Waals surface area (Å²) < 4.78 is 1.05. The molecule has 4 heteroatoms. The molecule has 1 fully saturated rings. The highest BCUT2D eigenvalue weighted by Crippen LogP contribution is 2.27. The highest BCUT2D eigenvalue weighted by molar-refractivity contribution is 9.10. The maximum atomic E-state index is 4.57. The van der Waals surface area contributed by atoms with Crippen molar-refractivity contribution in [3.8, 4) is 0 Å². The van der Waals surface area contributed by atoms with Crippen LogP contribution in [-0.4, -0.2) is 36.1 Å². The second-order valence-electron chi connectivity index (χ2n) is 4.88. The topological polar surface area (TPSA) is 28.2 Å². The third-order valence-corrected chi connectivity index (χ3v) is 3.70. The Morgan fingerprint density at radius 2 is 2.00 bits per heavy atom. The number of halogens is 1. The summed E-state index contributed by atoms with van der Waals surface area (Å²) in [5.41, 5.74) is 1.19. The van der Waals surface area contributed by atoms with E-state index < -0.39 is 0 Å². The van der Waals surface area contributed by atoms with Crippen molar-refractivity contribution in [2.45, 2.75) is 19.9 Å². The summed E-state index contributed by atoms with van der Waals surface area (Å²) in [4.78, 5) is 7.11. The zero-order valence-electron chi connectivity index (χ0n) is 10.5. The monoisotopic (exact) mass is 297 g/mol. The number of hydrogen-bond acceptors (Lipinski definition) is 3. The first kappa shape index (κ1) is 13.0. The van der Waals surface area contributed by atoms with Gasteiger partial charge in [0.1, 0.15) is 0 Å². The average Bonchev–Trinajstić information content (AvgIpc) is 2.33. The van der Waals surface area contributed by atoms with Gasteiger partial charge in [-0.15, -0.1) is 0 Å². The van der Waals surface area contributed by atoms with Gasteiger partial charge in [-0.05, 0) is 34.0 Å². The lowest BCUT2D eigenvalue weighted by Crippen LogP contribution is -2.46. The first-order valence-corrected chi connectivity index (χ1v) is 7.04. The summed E-state index contributed by atoms with van der Waals surface area (Å²) in [5.74, 6) is 0.585. The summed E-state index contributed by atoms with van der Waals surface area (Å²) in [6.07, 6.45) is 1.90. The number of aromatic nitrogens is 1.